The summed E-state index contributed by atoms with van der Waals surface area (Å²) < 4.78 is 0. The molecule has 0 bridgehead atoms. The number of allylic oxidation sites excluding steroid dienone is 3. The molecule has 0 aromatic heterocycles. The standard InChI is InChI=1S/C20H32O/c1-15(2)20-11-6-7-18(20)19(5,17(4)9-13-20)12-8-16(3)10-14-21/h10,14,17-18H,1,6-9,11-13H2,2-5H3/b16-10-. The van der Waals surface area contributed by atoms with Gasteiger partial charge in [0.05, 0.1) is 0 Å². The first-order chi connectivity index (χ1) is 9.86. The van der Waals surface area contributed by atoms with Gasteiger partial charge in [-0.2, -0.15) is 0 Å². The summed E-state index contributed by atoms with van der Waals surface area (Å²) in [5.74, 6) is 1.56. The lowest BCUT2D eigenvalue weighted by atomic mass is 9.50. The molecular formula is C20H32O. The van der Waals surface area contributed by atoms with E-state index in [1.807, 2.05) is 0 Å². The molecule has 0 radical (unpaired) electrons. The summed E-state index contributed by atoms with van der Waals surface area (Å²) in [7, 11) is 0. The van der Waals surface area contributed by atoms with Crippen LogP contribution in [0.1, 0.15) is 72.6 Å². The fourth-order valence-electron chi connectivity index (χ4n) is 5.29. The predicted octanol–water partition coefficient (Wildman–Crippen LogP) is 5.71. The Balaban J connectivity index is 2.24. The zero-order chi connectivity index (χ0) is 15.7. The fourth-order valence-corrected chi connectivity index (χ4v) is 5.29. The SMILES string of the molecule is C=C(C)C12CCCC1C(C)(CC/C(C)=C\C=O)C(C)CC2. The molecule has 2 fully saturated rings. The van der Waals surface area contributed by atoms with Crippen molar-refractivity contribution in [1.29, 1.82) is 0 Å². The molecular weight excluding hydrogens is 256 g/mol. The molecule has 2 saturated carbocycles. The maximum absolute atomic E-state index is 10.6. The molecule has 0 saturated heterocycles. The largest absolute Gasteiger partial charge is 0.299 e. The normalized spacial score (nSPS) is 39.9. The van der Waals surface area contributed by atoms with Crippen LogP contribution in [0.5, 0.6) is 0 Å². The first-order valence-electron chi connectivity index (χ1n) is 8.64. The van der Waals surface area contributed by atoms with Crippen molar-refractivity contribution in [1.82, 2.24) is 0 Å². The maximum atomic E-state index is 10.6. The molecule has 0 N–H and O–H groups in total. The topological polar surface area (TPSA) is 17.1 Å². The zero-order valence-electron chi connectivity index (χ0n) is 14.4. The van der Waals surface area contributed by atoms with Crippen molar-refractivity contribution in [3.8, 4) is 0 Å². The van der Waals surface area contributed by atoms with E-state index >= 15 is 0 Å². The van der Waals surface area contributed by atoms with E-state index in [0.29, 0.717) is 10.8 Å². The van der Waals surface area contributed by atoms with Crippen molar-refractivity contribution in [2.75, 3.05) is 0 Å². The highest BCUT2D eigenvalue weighted by molar-refractivity contribution is 5.65. The van der Waals surface area contributed by atoms with Crippen LogP contribution >= 0.6 is 0 Å². The van der Waals surface area contributed by atoms with Gasteiger partial charge in [-0.05, 0) is 81.1 Å². The van der Waals surface area contributed by atoms with Crippen LogP contribution in [0.3, 0.4) is 0 Å². The Kier molecular flexibility index (Phi) is 4.80. The zero-order valence-corrected chi connectivity index (χ0v) is 14.4. The third-order valence-electron chi connectivity index (χ3n) is 6.99. The summed E-state index contributed by atoms with van der Waals surface area (Å²) in [6, 6.07) is 0. The van der Waals surface area contributed by atoms with E-state index in [4.69, 9.17) is 0 Å². The Labute approximate surface area is 130 Å². The average Bonchev–Trinajstić information content (AvgIpc) is 2.88. The second-order valence-corrected chi connectivity index (χ2v) is 7.98. The lowest BCUT2D eigenvalue weighted by Crippen LogP contribution is -2.47. The molecule has 4 unspecified atom stereocenters. The predicted molar refractivity (Wildman–Crippen MR) is 90.1 cm³/mol. The monoisotopic (exact) mass is 288 g/mol. The molecule has 2 aliphatic rings. The first kappa shape index (κ1) is 16.5. The average molecular weight is 288 g/mol. The lowest BCUT2D eigenvalue weighted by Gasteiger charge is -2.55. The van der Waals surface area contributed by atoms with E-state index in [2.05, 4.69) is 34.3 Å². The summed E-state index contributed by atoms with van der Waals surface area (Å²) in [4.78, 5) is 10.6. The minimum Gasteiger partial charge on any atom is -0.299 e. The number of hydrogen-bond donors (Lipinski definition) is 0. The first-order valence-corrected chi connectivity index (χ1v) is 8.64. The summed E-state index contributed by atoms with van der Waals surface area (Å²) >= 11 is 0. The van der Waals surface area contributed by atoms with Gasteiger partial charge in [0, 0.05) is 0 Å². The van der Waals surface area contributed by atoms with Crippen LogP contribution in [0.25, 0.3) is 0 Å². The molecule has 1 heteroatoms. The summed E-state index contributed by atoms with van der Waals surface area (Å²) in [5.41, 5.74) is 3.45. The Bertz CT molecular complexity index is 447. The highest BCUT2D eigenvalue weighted by Gasteiger charge is 2.55. The number of aldehydes is 1. The van der Waals surface area contributed by atoms with Crippen molar-refractivity contribution in [3.63, 3.8) is 0 Å². The molecule has 0 aromatic carbocycles. The van der Waals surface area contributed by atoms with Crippen molar-refractivity contribution in [3.05, 3.63) is 23.8 Å². The molecule has 0 aliphatic heterocycles. The number of carbonyl (C=O) groups excluding carboxylic acids is 1. The molecule has 118 valence electrons. The van der Waals surface area contributed by atoms with Crippen molar-refractivity contribution in [2.24, 2.45) is 22.7 Å². The molecule has 21 heavy (non-hydrogen) atoms. The van der Waals surface area contributed by atoms with Gasteiger partial charge in [0.15, 0.2) is 0 Å². The van der Waals surface area contributed by atoms with Crippen LogP contribution in [0, 0.1) is 22.7 Å². The van der Waals surface area contributed by atoms with E-state index in [9.17, 15) is 4.79 Å². The molecule has 0 amide bonds. The highest BCUT2D eigenvalue weighted by Crippen LogP contribution is 2.65. The molecule has 0 aromatic rings. The molecule has 0 spiro atoms. The minimum atomic E-state index is 0.395. The van der Waals surface area contributed by atoms with Gasteiger partial charge in [-0.25, -0.2) is 0 Å². The van der Waals surface area contributed by atoms with Gasteiger partial charge in [0.2, 0.25) is 0 Å². The molecule has 2 rings (SSSR count). The van der Waals surface area contributed by atoms with Crippen LogP contribution in [-0.4, -0.2) is 6.29 Å². The quantitative estimate of drug-likeness (QED) is 0.360. The van der Waals surface area contributed by atoms with Gasteiger partial charge in [0.1, 0.15) is 6.29 Å². The van der Waals surface area contributed by atoms with Crippen LogP contribution in [0.15, 0.2) is 23.8 Å². The van der Waals surface area contributed by atoms with Crippen LogP contribution in [0.4, 0.5) is 0 Å². The van der Waals surface area contributed by atoms with Crippen molar-refractivity contribution in [2.45, 2.75) is 72.6 Å². The highest BCUT2D eigenvalue weighted by atomic mass is 16.1. The smallest absolute Gasteiger partial charge is 0.142 e. The Morgan fingerprint density at radius 1 is 1.29 bits per heavy atom. The third kappa shape index (κ3) is 2.76. The van der Waals surface area contributed by atoms with E-state index in [1.165, 1.54) is 49.7 Å². The summed E-state index contributed by atoms with van der Waals surface area (Å²) in [5, 5.41) is 0. The minimum absolute atomic E-state index is 0.395. The third-order valence-corrected chi connectivity index (χ3v) is 6.99. The Morgan fingerprint density at radius 2 is 2.00 bits per heavy atom. The summed E-state index contributed by atoms with van der Waals surface area (Å²) in [6.45, 7) is 13.7. The summed E-state index contributed by atoms with van der Waals surface area (Å²) in [6.07, 6.45) is 11.7. The number of fused-ring (bicyclic) bond motifs is 1. The van der Waals surface area contributed by atoms with Crippen LogP contribution < -0.4 is 0 Å². The number of hydrogen-bond acceptors (Lipinski definition) is 1. The lowest BCUT2D eigenvalue weighted by molar-refractivity contribution is -0.104. The van der Waals surface area contributed by atoms with E-state index in [-0.39, 0.29) is 0 Å². The van der Waals surface area contributed by atoms with Gasteiger partial charge < -0.3 is 0 Å². The van der Waals surface area contributed by atoms with E-state index < -0.39 is 0 Å². The second-order valence-electron chi connectivity index (χ2n) is 7.98. The molecule has 2 aliphatic carbocycles. The van der Waals surface area contributed by atoms with Gasteiger partial charge in [-0.1, -0.05) is 38.0 Å². The molecule has 0 heterocycles. The van der Waals surface area contributed by atoms with E-state index in [1.54, 1.807) is 6.08 Å². The Morgan fingerprint density at radius 3 is 2.62 bits per heavy atom. The van der Waals surface area contributed by atoms with Gasteiger partial charge in [0.25, 0.3) is 0 Å². The van der Waals surface area contributed by atoms with Gasteiger partial charge >= 0.3 is 0 Å². The number of carbonyl (C=O) groups is 1. The molecule has 4 atom stereocenters. The molecule has 1 nitrogen and oxygen atoms in total. The van der Waals surface area contributed by atoms with Gasteiger partial charge in [-0.3, -0.25) is 4.79 Å². The fraction of sp³-hybridized carbons (Fsp3) is 0.750. The Hall–Kier alpha value is -0.850. The van der Waals surface area contributed by atoms with E-state index in [0.717, 1.165) is 24.5 Å². The maximum Gasteiger partial charge on any atom is 0.142 e. The second kappa shape index (κ2) is 6.10. The van der Waals surface area contributed by atoms with Crippen LogP contribution in [0.2, 0.25) is 0 Å². The number of rotatable bonds is 5. The van der Waals surface area contributed by atoms with Gasteiger partial charge in [-0.15, -0.1) is 0 Å². The van der Waals surface area contributed by atoms with Crippen LogP contribution in [-0.2, 0) is 4.79 Å². The van der Waals surface area contributed by atoms with Crippen molar-refractivity contribution >= 4 is 6.29 Å². The van der Waals surface area contributed by atoms with Crippen molar-refractivity contribution < 1.29 is 4.79 Å².